The van der Waals surface area contributed by atoms with Crippen molar-refractivity contribution in [1.29, 1.82) is 0 Å². The van der Waals surface area contributed by atoms with Crippen LogP contribution in [0.3, 0.4) is 0 Å². The molecule has 138 valence electrons. The number of carbonyl (C=O) groups excluding carboxylic acids is 1. The maximum atomic E-state index is 12.7. The summed E-state index contributed by atoms with van der Waals surface area (Å²) in [6.45, 7) is 2.81. The quantitative estimate of drug-likeness (QED) is 0.862. The fourth-order valence-electron chi connectivity index (χ4n) is 2.48. The van der Waals surface area contributed by atoms with Gasteiger partial charge in [-0.15, -0.1) is 24.8 Å². The summed E-state index contributed by atoms with van der Waals surface area (Å²) in [5.41, 5.74) is -0.0883. The molecule has 0 aromatic heterocycles. The SMILES string of the molecule is CNCCC(=O)N1CCN(c2cccc(C(F)(F)F)c2)CC1.Cl.Cl. The molecule has 0 atom stereocenters. The van der Waals surface area contributed by atoms with Gasteiger partial charge in [0.05, 0.1) is 5.56 Å². The van der Waals surface area contributed by atoms with Gasteiger partial charge >= 0.3 is 6.18 Å². The van der Waals surface area contributed by atoms with Crippen LogP contribution in [0.5, 0.6) is 0 Å². The number of anilines is 1. The van der Waals surface area contributed by atoms with Gasteiger partial charge in [0.25, 0.3) is 0 Å². The number of nitrogens with zero attached hydrogens (tertiary/aromatic N) is 2. The third-order valence-corrected chi connectivity index (χ3v) is 3.76. The average Bonchev–Trinajstić information content (AvgIpc) is 2.52. The Kier molecular flexibility index (Phi) is 9.47. The normalized spacial score (nSPS) is 14.7. The third-order valence-electron chi connectivity index (χ3n) is 3.76. The maximum absolute atomic E-state index is 12.7. The highest BCUT2D eigenvalue weighted by Crippen LogP contribution is 2.31. The van der Waals surface area contributed by atoms with E-state index in [2.05, 4.69) is 5.32 Å². The van der Waals surface area contributed by atoms with Crippen molar-refractivity contribution in [3.63, 3.8) is 0 Å². The molecule has 1 aliphatic rings. The molecule has 4 nitrogen and oxygen atoms in total. The van der Waals surface area contributed by atoms with Crippen LogP contribution in [0.1, 0.15) is 12.0 Å². The van der Waals surface area contributed by atoms with Crippen LogP contribution in [0.25, 0.3) is 0 Å². The minimum Gasteiger partial charge on any atom is -0.368 e. The van der Waals surface area contributed by atoms with Crippen molar-refractivity contribution in [3.05, 3.63) is 29.8 Å². The van der Waals surface area contributed by atoms with Gasteiger partial charge in [-0.05, 0) is 25.2 Å². The van der Waals surface area contributed by atoms with Crippen LogP contribution in [0, 0.1) is 0 Å². The predicted octanol–water partition coefficient (Wildman–Crippen LogP) is 2.81. The summed E-state index contributed by atoms with van der Waals surface area (Å²) in [5, 5.41) is 2.93. The van der Waals surface area contributed by atoms with E-state index in [0.717, 1.165) is 6.07 Å². The molecule has 0 saturated carbocycles. The zero-order chi connectivity index (χ0) is 16.2. The van der Waals surface area contributed by atoms with Crippen molar-refractivity contribution < 1.29 is 18.0 Å². The van der Waals surface area contributed by atoms with Gasteiger partial charge in [-0.2, -0.15) is 13.2 Å². The van der Waals surface area contributed by atoms with Crippen LogP contribution in [0.2, 0.25) is 0 Å². The second kappa shape index (κ2) is 9.96. The van der Waals surface area contributed by atoms with Crippen LogP contribution >= 0.6 is 24.8 Å². The van der Waals surface area contributed by atoms with Crippen LogP contribution in [-0.2, 0) is 11.0 Å². The molecule has 1 aliphatic heterocycles. The first-order valence-corrected chi connectivity index (χ1v) is 7.26. The van der Waals surface area contributed by atoms with Crippen molar-refractivity contribution in [3.8, 4) is 0 Å². The Morgan fingerprint density at radius 1 is 1.17 bits per heavy atom. The molecular formula is C15H22Cl2F3N3O. The van der Waals surface area contributed by atoms with E-state index in [1.165, 1.54) is 12.1 Å². The predicted molar refractivity (Wildman–Crippen MR) is 93.3 cm³/mol. The first-order chi connectivity index (χ1) is 10.4. The zero-order valence-corrected chi connectivity index (χ0v) is 14.9. The summed E-state index contributed by atoms with van der Waals surface area (Å²) in [7, 11) is 1.79. The van der Waals surface area contributed by atoms with E-state index in [1.54, 1.807) is 18.0 Å². The molecule has 1 heterocycles. The molecule has 1 amide bonds. The van der Waals surface area contributed by atoms with Gasteiger partial charge in [0, 0.05) is 44.8 Å². The van der Waals surface area contributed by atoms with Crippen molar-refractivity contribution in [2.75, 3.05) is 44.7 Å². The monoisotopic (exact) mass is 387 g/mol. The number of amides is 1. The minimum atomic E-state index is -4.33. The number of piperazine rings is 1. The number of hydrogen-bond acceptors (Lipinski definition) is 3. The first-order valence-electron chi connectivity index (χ1n) is 7.26. The molecule has 24 heavy (non-hydrogen) atoms. The van der Waals surface area contributed by atoms with Crippen LogP contribution < -0.4 is 10.2 Å². The summed E-state index contributed by atoms with van der Waals surface area (Å²) in [6.07, 6.45) is -3.89. The van der Waals surface area contributed by atoms with Gasteiger partial charge in [-0.3, -0.25) is 4.79 Å². The Hall–Kier alpha value is -1.18. The molecule has 1 N–H and O–H groups in total. The second-order valence-electron chi connectivity index (χ2n) is 5.27. The number of carbonyl (C=O) groups is 1. The van der Waals surface area contributed by atoms with Crippen molar-refractivity contribution in [1.82, 2.24) is 10.2 Å². The Labute approximate surface area is 152 Å². The molecule has 1 aromatic carbocycles. The van der Waals surface area contributed by atoms with Crippen LogP contribution in [0.4, 0.5) is 18.9 Å². The van der Waals surface area contributed by atoms with Crippen molar-refractivity contribution in [2.24, 2.45) is 0 Å². The Morgan fingerprint density at radius 3 is 2.33 bits per heavy atom. The summed E-state index contributed by atoms with van der Waals surface area (Å²) in [6, 6.07) is 5.33. The molecule has 0 bridgehead atoms. The lowest BCUT2D eigenvalue weighted by molar-refractivity contribution is -0.137. The summed E-state index contributed by atoms with van der Waals surface area (Å²) in [5.74, 6) is 0.0815. The van der Waals surface area contributed by atoms with Gasteiger partial charge in [0.15, 0.2) is 0 Å². The number of alkyl halides is 3. The number of halogens is 5. The maximum Gasteiger partial charge on any atom is 0.416 e. The lowest BCUT2D eigenvalue weighted by Gasteiger charge is -2.36. The van der Waals surface area contributed by atoms with Crippen molar-refractivity contribution >= 4 is 36.4 Å². The number of nitrogens with one attached hydrogen (secondary N) is 1. The smallest absolute Gasteiger partial charge is 0.368 e. The highest BCUT2D eigenvalue weighted by molar-refractivity contribution is 5.85. The lowest BCUT2D eigenvalue weighted by Crippen LogP contribution is -2.49. The summed E-state index contributed by atoms with van der Waals surface area (Å²) in [4.78, 5) is 15.6. The van der Waals surface area contributed by atoms with E-state index in [1.807, 2.05) is 4.90 Å². The van der Waals surface area contributed by atoms with Gasteiger partial charge in [-0.25, -0.2) is 0 Å². The molecule has 0 unspecified atom stereocenters. The van der Waals surface area contributed by atoms with Gasteiger partial charge in [0.2, 0.25) is 5.91 Å². The van der Waals surface area contributed by atoms with E-state index in [-0.39, 0.29) is 30.7 Å². The standard InChI is InChI=1S/C15H20F3N3O.2ClH/c1-19-6-5-14(22)21-9-7-20(8-10-21)13-4-2-3-12(11-13)15(16,17)18;;/h2-4,11,19H,5-10H2,1H3;2*1H. The van der Waals surface area contributed by atoms with Gasteiger partial charge in [0.1, 0.15) is 0 Å². The number of benzene rings is 1. The Bertz CT molecular complexity index is 521. The van der Waals surface area contributed by atoms with E-state index in [0.29, 0.717) is 44.8 Å². The molecule has 1 fully saturated rings. The minimum absolute atomic E-state index is 0. The fraction of sp³-hybridized carbons (Fsp3) is 0.533. The highest BCUT2D eigenvalue weighted by atomic mass is 35.5. The molecule has 0 spiro atoms. The summed E-state index contributed by atoms with van der Waals surface area (Å²) >= 11 is 0. The molecule has 9 heteroatoms. The molecule has 1 saturated heterocycles. The van der Waals surface area contributed by atoms with E-state index < -0.39 is 11.7 Å². The zero-order valence-electron chi connectivity index (χ0n) is 13.3. The highest BCUT2D eigenvalue weighted by Gasteiger charge is 2.31. The first kappa shape index (κ1) is 22.8. The molecule has 0 aliphatic carbocycles. The summed E-state index contributed by atoms with van der Waals surface area (Å²) < 4.78 is 38.2. The van der Waals surface area contributed by atoms with Gasteiger partial charge in [-0.1, -0.05) is 6.07 Å². The topological polar surface area (TPSA) is 35.6 Å². The average molecular weight is 388 g/mol. The largest absolute Gasteiger partial charge is 0.416 e. The van der Waals surface area contributed by atoms with Crippen LogP contribution in [0.15, 0.2) is 24.3 Å². The third kappa shape index (κ3) is 6.03. The van der Waals surface area contributed by atoms with Crippen LogP contribution in [-0.4, -0.2) is 50.6 Å². The number of hydrogen-bond donors (Lipinski definition) is 1. The lowest BCUT2D eigenvalue weighted by atomic mass is 10.1. The second-order valence-corrected chi connectivity index (χ2v) is 5.27. The van der Waals surface area contributed by atoms with E-state index in [4.69, 9.17) is 0 Å². The van der Waals surface area contributed by atoms with Gasteiger partial charge < -0.3 is 15.1 Å². The van der Waals surface area contributed by atoms with E-state index >= 15 is 0 Å². The van der Waals surface area contributed by atoms with Crippen molar-refractivity contribution in [2.45, 2.75) is 12.6 Å². The van der Waals surface area contributed by atoms with E-state index in [9.17, 15) is 18.0 Å². The Morgan fingerprint density at radius 2 is 1.79 bits per heavy atom. The fourth-order valence-corrected chi connectivity index (χ4v) is 2.48. The molecule has 1 aromatic rings. The molecular weight excluding hydrogens is 366 g/mol. The number of rotatable bonds is 4. The molecule has 0 radical (unpaired) electrons. The molecule has 2 rings (SSSR count). The Balaban J connectivity index is 0.00000264.